The van der Waals surface area contributed by atoms with Gasteiger partial charge in [0.05, 0.1) is 5.69 Å². The first-order valence-electron chi connectivity index (χ1n) is 10.8. The maximum atomic E-state index is 14.2. The highest BCUT2D eigenvalue weighted by Gasteiger charge is 2.74. The van der Waals surface area contributed by atoms with E-state index >= 15 is 0 Å². The summed E-state index contributed by atoms with van der Waals surface area (Å²) in [6, 6.07) is 13.3. The predicted molar refractivity (Wildman–Crippen MR) is 111 cm³/mol. The molecule has 0 radical (unpaired) electrons. The summed E-state index contributed by atoms with van der Waals surface area (Å²) in [7, 11) is 0. The van der Waals surface area contributed by atoms with Crippen LogP contribution in [-0.4, -0.2) is 34.7 Å². The topological polar surface area (TPSA) is 83.1 Å². The molecule has 0 bridgehead atoms. The highest BCUT2D eigenvalue weighted by Crippen LogP contribution is 2.50. The normalized spacial score (nSPS) is 30.0. The lowest BCUT2D eigenvalue weighted by Gasteiger charge is -2.28. The number of anilines is 1. The Kier molecular flexibility index (Phi) is 4.48. The van der Waals surface area contributed by atoms with Crippen LogP contribution in [0.15, 0.2) is 48.5 Å². The number of halogens is 1. The molecule has 2 aromatic carbocycles. The van der Waals surface area contributed by atoms with Crippen molar-refractivity contribution in [1.29, 1.82) is 0 Å². The van der Waals surface area contributed by atoms with Gasteiger partial charge in [0.25, 0.3) is 5.91 Å². The van der Waals surface area contributed by atoms with E-state index in [1.165, 1.54) is 23.1 Å². The lowest BCUT2D eigenvalue weighted by atomic mass is 9.76. The molecule has 3 heterocycles. The SMILES string of the molecule is CC[C@H](C)N1C(=O)[C@H]2[C@@H](C1=O)[C@@]1([NH2+][C@@H]2Cc2ccccc2)C(=O)Nc2ccc(F)cc21. The van der Waals surface area contributed by atoms with Gasteiger partial charge in [0.2, 0.25) is 17.4 Å². The molecule has 2 aromatic rings. The molecule has 6 nitrogen and oxygen atoms in total. The average molecular weight is 422 g/mol. The molecule has 3 aliphatic heterocycles. The minimum absolute atomic E-state index is 0.226. The molecule has 0 saturated carbocycles. The number of nitrogens with two attached hydrogens (primary N) is 1. The number of hydrogen-bond donors (Lipinski definition) is 2. The van der Waals surface area contributed by atoms with E-state index < -0.39 is 23.2 Å². The third-order valence-corrected chi connectivity index (χ3v) is 7.21. The fourth-order valence-corrected chi connectivity index (χ4v) is 5.65. The van der Waals surface area contributed by atoms with E-state index in [1.807, 2.05) is 49.5 Å². The smallest absolute Gasteiger partial charge is 0.291 e. The third kappa shape index (κ3) is 2.69. The highest BCUT2D eigenvalue weighted by atomic mass is 19.1. The number of nitrogens with one attached hydrogen (secondary N) is 1. The standard InChI is InChI=1S/C24H24FN3O3/c1-3-13(2)28-21(29)19-18(11-14-7-5-4-6-8-14)27-24(20(19)22(28)30)16-12-15(25)9-10-17(16)26-23(24)31/h4-10,12-13,18-20,27H,3,11H2,1-2H3,(H,26,31)/p+1/t13-,18+,19+,20-,24+/m0/s1. The van der Waals surface area contributed by atoms with Gasteiger partial charge >= 0.3 is 0 Å². The fourth-order valence-electron chi connectivity index (χ4n) is 5.65. The van der Waals surface area contributed by atoms with E-state index in [0.717, 1.165) is 5.56 Å². The molecular weight excluding hydrogens is 397 g/mol. The second-order valence-corrected chi connectivity index (χ2v) is 8.84. The summed E-state index contributed by atoms with van der Waals surface area (Å²) in [6.45, 7) is 3.78. The summed E-state index contributed by atoms with van der Waals surface area (Å²) in [4.78, 5) is 41.8. The van der Waals surface area contributed by atoms with Gasteiger partial charge in [0, 0.05) is 18.0 Å². The van der Waals surface area contributed by atoms with Gasteiger partial charge in [0.15, 0.2) is 0 Å². The van der Waals surface area contributed by atoms with Crippen LogP contribution in [0.3, 0.4) is 0 Å². The van der Waals surface area contributed by atoms with Crippen molar-refractivity contribution in [2.24, 2.45) is 11.8 Å². The molecule has 5 rings (SSSR count). The summed E-state index contributed by atoms with van der Waals surface area (Å²) in [5.74, 6) is -2.88. The molecule has 0 aliphatic carbocycles. The Morgan fingerprint density at radius 1 is 1.13 bits per heavy atom. The molecule has 31 heavy (non-hydrogen) atoms. The first kappa shape index (κ1) is 19.9. The Balaban J connectivity index is 1.66. The molecule has 3 N–H and O–H groups in total. The quantitative estimate of drug-likeness (QED) is 0.734. The molecule has 5 atom stereocenters. The van der Waals surface area contributed by atoms with Crippen LogP contribution in [0.4, 0.5) is 10.1 Å². The molecule has 7 heteroatoms. The summed E-state index contributed by atoms with van der Waals surface area (Å²) in [5.41, 5.74) is 0.648. The summed E-state index contributed by atoms with van der Waals surface area (Å²) in [6.07, 6.45) is 1.17. The van der Waals surface area contributed by atoms with E-state index in [0.29, 0.717) is 24.1 Å². The van der Waals surface area contributed by atoms with Crippen LogP contribution >= 0.6 is 0 Å². The molecule has 160 valence electrons. The van der Waals surface area contributed by atoms with Gasteiger partial charge < -0.3 is 10.6 Å². The van der Waals surface area contributed by atoms with Crippen LogP contribution in [0, 0.1) is 17.7 Å². The van der Waals surface area contributed by atoms with Gasteiger partial charge in [0.1, 0.15) is 23.7 Å². The Labute approximate surface area is 179 Å². The lowest BCUT2D eigenvalue weighted by Crippen LogP contribution is -2.99. The van der Waals surface area contributed by atoms with Gasteiger partial charge in [-0.1, -0.05) is 37.3 Å². The zero-order chi connectivity index (χ0) is 21.9. The van der Waals surface area contributed by atoms with Crippen molar-refractivity contribution >= 4 is 23.4 Å². The number of nitrogens with zero attached hydrogens (tertiary/aromatic N) is 1. The summed E-state index contributed by atoms with van der Waals surface area (Å²) < 4.78 is 14.2. The number of carbonyl (C=O) groups is 3. The maximum absolute atomic E-state index is 14.2. The number of fused-ring (bicyclic) bond motifs is 4. The minimum Gasteiger partial charge on any atom is -0.326 e. The Morgan fingerprint density at radius 2 is 1.87 bits per heavy atom. The Morgan fingerprint density at radius 3 is 2.58 bits per heavy atom. The first-order valence-corrected chi connectivity index (χ1v) is 10.8. The van der Waals surface area contributed by atoms with Crippen molar-refractivity contribution in [2.75, 3.05) is 5.32 Å². The summed E-state index contributed by atoms with van der Waals surface area (Å²) >= 11 is 0. The molecule has 1 spiro atoms. The Hall–Kier alpha value is -3.06. The number of likely N-dealkylation sites (tertiary alicyclic amines) is 1. The second-order valence-electron chi connectivity index (χ2n) is 8.84. The monoisotopic (exact) mass is 422 g/mol. The maximum Gasteiger partial charge on any atom is 0.291 e. The van der Waals surface area contributed by atoms with E-state index in [-0.39, 0.29) is 29.8 Å². The van der Waals surface area contributed by atoms with Crippen LogP contribution < -0.4 is 10.6 Å². The zero-order valence-corrected chi connectivity index (χ0v) is 17.5. The molecule has 2 saturated heterocycles. The number of carbonyl (C=O) groups excluding carboxylic acids is 3. The predicted octanol–water partition coefficient (Wildman–Crippen LogP) is 1.56. The van der Waals surface area contributed by atoms with E-state index in [9.17, 15) is 18.8 Å². The largest absolute Gasteiger partial charge is 0.326 e. The second kappa shape index (κ2) is 6.99. The Bertz CT molecular complexity index is 1090. The van der Waals surface area contributed by atoms with Crippen LogP contribution in [0.2, 0.25) is 0 Å². The van der Waals surface area contributed by atoms with Gasteiger partial charge in [-0.2, -0.15) is 0 Å². The first-order chi connectivity index (χ1) is 14.9. The van der Waals surface area contributed by atoms with Crippen molar-refractivity contribution in [3.05, 3.63) is 65.5 Å². The van der Waals surface area contributed by atoms with Crippen LogP contribution in [-0.2, 0) is 26.3 Å². The molecular formula is C24H25FN3O3+. The van der Waals surface area contributed by atoms with Crippen LogP contribution in [0.5, 0.6) is 0 Å². The lowest BCUT2D eigenvalue weighted by molar-refractivity contribution is -0.733. The minimum atomic E-state index is -1.34. The molecule has 0 aromatic heterocycles. The van der Waals surface area contributed by atoms with E-state index in [4.69, 9.17) is 0 Å². The molecule has 0 unspecified atom stereocenters. The van der Waals surface area contributed by atoms with Crippen molar-refractivity contribution in [1.82, 2.24) is 4.90 Å². The average Bonchev–Trinajstić information content (AvgIpc) is 3.33. The molecule has 3 amide bonds. The number of hydrogen-bond acceptors (Lipinski definition) is 3. The van der Waals surface area contributed by atoms with Crippen LogP contribution in [0.25, 0.3) is 0 Å². The third-order valence-electron chi connectivity index (χ3n) is 7.21. The van der Waals surface area contributed by atoms with Gasteiger partial charge in [-0.3, -0.25) is 19.3 Å². The van der Waals surface area contributed by atoms with Crippen molar-refractivity contribution in [3.63, 3.8) is 0 Å². The fraction of sp³-hybridized carbons (Fsp3) is 0.375. The number of amides is 3. The van der Waals surface area contributed by atoms with Gasteiger partial charge in [-0.05, 0) is 37.1 Å². The molecule has 3 aliphatic rings. The zero-order valence-electron chi connectivity index (χ0n) is 17.5. The molecule has 2 fully saturated rings. The number of benzene rings is 2. The van der Waals surface area contributed by atoms with E-state index in [2.05, 4.69) is 5.32 Å². The number of rotatable bonds is 4. The van der Waals surface area contributed by atoms with Crippen LogP contribution in [0.1, 0.15) is 31.4 Å². The van der Waals surface area contributed by atoms with E-state index in [1.54, 1.807) is 0 Å². The van der Waals surface area contributed by atoms with Crippen molar-refractivity contribution < 1.29 is 24.1 Å². The number of quaternary nitrogens is 1. The van der Waals surface area contributed by atoms with Gasteiger partial charge in [-0.15, -0.1) is 0 Å². The highest BCUT2D eigenvalue weighted by molar-refractivity contribution is 6.14. The number of imide groups is 1. The van der Waals surface area contributed by atoms with Gasteiger partial charge in [-0.25, -0.2) is 4.39 Å². The van der Waals surface area contributed by atoms with Crippen molar-refractivity contribution in [3.8, 4) is 0 Å². The van der Waals surface area contributed by atoms with Crippen molar-refractivity contribution in [2.45, 2.75) is 44.3 Å². The summed E-state index contributed by atoms with van der Waals surface area (Å²) in [5, 5.41) is 4.68.